The first-order valence-corrected chi connectivity index (χ1v) is 12.7. The second-order valence-electron chi connectivity index (χ2n) is 9.24. The van der Waals surface area contributed by atoms with Crippen LogP contribution in [0.3, 0.4) is 0 Å². The van der Waals surface area contributed by atoms with Crippen LogP contribution in [-0.4, -0.2) is 40.4 Å². The number of amides is 1. The lowest BCUT2D eigenvalue weighted by Crippen LogP contribution is -2.32. The summed E-state index contributed by atoms with van der Waals surface area (Å²) in [5.74, 6) is -0.0601. The summed E-state index contributed by atoms with van der Waals surface area (Å²) in [7, 11) is 0. The minimum atomic E-state index is -0.539. The molecular weight excluding hydrogens is 485 g/mol. The number of nitrogens with zero attached hydrogens (tertiary/aromatic N) is 3. The molecule has 4 N–H and O–H groups in total. The molecule has 0 saturated carbocycles. The van der Waals surface area contributed by atoms with Crippen LogP contribution in [0.4, 0.5) is 5.82 Å². The SMILES string of the molecule is CC(Oc1nc(C2(CCCN3CCCC3)C=CC=C(C(N)=O)C2)cnc1N)c1c(Cl)cccc1Cl. The van der Waals surface area contributed by atoms with Gasteiger partial charge in [-0.25, -0.2) is 9.97 Å². The molecule has 0 bridgehead atoms. The van der Waals surface area contributed by atoms with Crippen LogP contribution in [0.15, 0.2) is 48.2 Å². The van der Waals surface area contributed by atoms with Gasteiger partial charge in [0.25, 0.3) is 5.88 Å². The van der Waals surface area contributed by atoms with Gasteiger partial charge >= 0.3 is 0 Å². The molecule has 2 heterocycles. The van der Waals surface area contributed by atoms with Gasteiger partial charge in [-0.05, 0) is 70.8 Å². The first kappa shape index (κ1) is 25.5. The van der Waals surface area contributed by atoms with E-state index in [4.69, 9.17) is 44.4 Å². The molecule has 35 heavy (non-hydrogen) atoms. The molecule has 1 aromatic carbocycles. The fourth-order valence-corrected chi connectivity index (χ4v) is 5.61. The highest BCUT2D eigenvalue weighted by atomic mass is 35.5. The van der Waals surface area contributed by atoms with Gasteiger partial charge in [0.2, 0.25) is 5.91 Å². The van der Waals surface area contributed by atoms with Crippen molar-refractivity contribution in [2.75, 3.05) is 25.4 Å². The van der Waals surface area contributed by atoms with Crippen LogP contribution in [0, 0.1) is 0 Å². The van der Waals surface area contributed by atoms with Crippen LogP contribution in [0.2, 0.25) is 10.0 Å². The van der Waals surface area contributed by atoms with E-state index in [2.05, 4.69) is 16.0 Å². The fourth-order valence-electron chi connectivity index (χ4n) is 4.91. The maximum absolute atomic E-state index is 12.0. The number of benzene rings is 1. The second-order valence-corrected chi connectivity index (χ2v) is 10.1. The number of allylic oxidation sites excluding steroid dienone is 3. The molecule has 1 fully saturated rings. The number of rotatable bonds is 9. The van der Waals surface area contributed by atoms with E-state index >= 15 is 0 Å². The topological polar surface area (TPSA) is 107 Å². The summed E-state index contributed by atoms with van der Waals surface area (Å²) in [5, 5.41) is 0.995. The Labute approximate surface area is 216 Å². The van der Waals surface area contributed by atoms with Gasteiger partial charge in [0.05, 0.1) is 11.9 Å². The lowest BCUT2D eigenvalue weighted by molar-refractivity contribution is -0.114. The number of aromatic nitrogens is 2. The van der Waals surface area contributed by atoms with Crippen LogP contribution in [-0.2, 0) is 10.2 Å². The molecule has 2 atom stereocenters. The molecule has 2 aliphatic rings. The Morgan fingerprint density at radius 2 is 1.97 bits per heavy atom. The maximum atomic E-state index is 12.0. The number of ether oxygens (including phenoxy) is 1. The van der Waals surface area contributed by atoms with Crippen molar-refractivity contribution in [2.45, 2.75) is 50.5 Å². The molecule has 1 aliphatic carbocycles. The minimum Gasteiger partial charge on any atom is -0.467 e. The van der Waals surface area contributed by atoms with Gasteiger partial charge < -0.3 is 21.1 Å². The zero-order valence-electron chi connectivity index (χ0n) is 19.8. The quantitative estimate of drug-likeness (QED) is 0.486. The van der Waals surface area contributed by atoms with Crippen molar-refractivity contribution < 1.29 is 9.53 Å². The number of primary amides is 1. The van der Waals surface area contributed by atoms with E-state index in [0.717, 1.165) is 32.5 Å². The second kappa shape index (κ2) is 11.0. The van der Waals surface area contributed by atoms with Gasteiger partial charge in [0.1, 0.15) is 6.10 Å². The van der Waals surface area contributed by atoms with Gasteiger partial charge in [-0.3, -0.25) is 4.79 Å². The molecule has 4 rings (SSSR count). The molecule has 1 aromatic heterocycles. The number of anilines is 1. The summed E-state index contributed by atoms with van der Waals surface area (Å²) in [6, 6.07) is 5.29. The molecule has 2 aromatic rings. The molecule has 1 aliphatic heterocycles. The predicted molar refractivity (Wildman–Crippen MR) is 140 cm³/mol. The van der Waals surface area contributed by atoms with Crippen LogP contribution in [0.5, 0.6) is 5.88 Å². The molecule has 1 saturated heterocycles. The lowest BCUT2D eigenvalue weighted by atomic mass is 9.72. The Hall–Kier alpha value is -2.61. The van der Waals surface area contributed by atoms with E-state index in [0.29, 0.717) is 33.3 Å². The van der Waals surface area contributed by atoms with E-state index in [1.54, 1.807) is 30.5 Å². The van der Waals surface area contributed by atoms with Crippen molar-refractivity contribution in [3.63, 3.8) is 0 Å². The molecule has 0 radical (unpaired) electrons. The average Bonchev–Trinajstić information content (AvgIpc) is 3.34. The number of carbonyl (C=O) groups excluding carboxylic acids is 1. The third-order valence-corrected chi connectivity index (χ3v) is 7.46. The number of hydrogen-bond acceptors (Lipinski definition) is 6. The highest BCUT2D eigenvalue weighted by Crippen LogP contribution is 2.41. The normalized spacial score (nSPS) is 21.1. The van der Waals surface area contributed by atoms with Crippen molar-refractivity contribution in [3.8, 4) is 5.88 Å². The average molecular weight is 516 g/mol. The van der Waals surface area contributed by atoms with E-state index in [1.165, 1.54) is 12.8 Å². The van der Waals surface area contributed by atoms with E-state index in [-0.39, 0.29) is 11.7 Å². The van der Waals surface area contributed by atoms with Crippen LogP contribution >= 0.6 is 23.2 Å². The predicted octanol–water partition coefficient (Wildman–Crippen LogP) is 4.99. The van der Waals surface area contributed by atoms with Crippen molar-refractivity contribution in [2.24, 2.45) is 5.73 Å². The zero-order chi connectivity index (χ0) is 25.0. The van der Waals surface area contributed by atoms with Crippen LogP contribution in [0.1, 0.15) is 56.4 Å². The van der Waals surface area contributed by atoms with Crippen LogP contribution in [0.25, 0.3) is 0 Å². The van der Waals surface area contributed by atoms with Gasteiger partial charge in [0, 0.05) is 26.6 Å². The Morgan fingerprint density at radius 1 is 1.26 bits per heavy atom. The van der Waals surface area contributed by atoms with Gasteiger partial charge in [-0.15, -0.1) is 0 Å². The molecule has 0 spiro atoms. The van der Waals surface area contributed by atoms with Crippen molar-refractivity contribution in [1.29, 1.82) is 0 Å². The summed E-state index contributed by atoms with van der Waals surface area (Å²) < 4.78 is 6.12. The highest BCUT2D eigenvalue weighted by molar-refractivity contribution is 6.36. The Kier molecular flexibility index (Phi) is 7.99. The maximum Gasteiger partial charge on any atom is 0.258 e. The third kappa shape index (κ3) is 5.80. The fraction of sp³-hybridized carbons (Fsp3) is 0.423. The monoisotopic (exact) mass is 515 g/mol. The first-order valence-electron chi connectivity index (χ1n) is 11.9. The molecule has 2 unspecified atom stereocenters. The van der Waals surface area contributed by atoms with Gasteiger partial charge in [-0.2, -0.15) is 0 Å². The van der Waals surface area contributed by atoms with Crippen molar-refractivity contribution >= 4 is 34.9 Å². The zero-order valence-corrected chi connectivity index (χ0v) is 21.4. The highest BCUT2D eigenvalue weighted by Gasteiger charge is 2.36. The molecular formula is C26H31Cl2N5O2. The summed E-state index contributed by atoms with van der Waals surface area (Å²) in [6.45, 7) is 5.11. The smallest absolute Gasteiger partial charge is 0.258 e. The Bertz CT molecular complexity index is 1130. The largest absolute Gasteiger partial charge is 0.467 e. The number of nitrogen functional groups attached to an aromatic ring is 1. The molecule has 7 nitrogen and oxygen atoms in total. The third-order valence-electron chi connectivity index (χ3n) is 6.80. The summed E-state index contributed by atoms with van der Waals surface area (Å²) in [5.41, 5.74) is 13.2. The summed E-state index contributed by atoms with van der Waals surface area (Å²) in [4.78, 5) is 23.7. The number of nitrogens with two attached hydrogens (primary N) is 2. The summed E-state index contributed by atoms with van der Waals surface area (Å²) in [6.07, 6.45) is 11.6. The number of hydrogen-bond donors (Lipinski definition) is 2. The minimum absolute atomic E-state index is 0.168. The van der Waals surface area contributed by atoms with Crippen molar-refractivity contribution in [3.05, 3.63) is 69.5 Å². The number of halogens is 2. The van der Waals surface area contributed by atoms with Crippen LogP contribution < -0.4 is 16.2 Å². The van der Waals surface area contributed by atoms with Crippen molar-refractivity contribution in [1.82, 2.24) is 14.9 Å². The van der Waals surface area contributed by atoms with E-state index < -0.39 is 17.4 Å². The van der Waals surface area contributed by atoms with Gasteiger partial charge in [-0.1, -0.05) is 47.5 Å². The Morgan fingerprint density at radius 3 is 2.66 bits per heavy atom. The first-order chi connectivity index (χ1) is 16.8. The molecule has 9 heteroatoms. The Balaban J connectivity index is 1.62. The standard InChI is InChI=1S/C26H31Cl2N5O2/c1-17(22-19(27)8-4-9-20(22)28)35-25-23(29)31-16-21(32-25)26(10-5-7-18(15-26)24(30)34)11-6-14-33-12-2-3-13-33/h4-5,7-10,16-17H,2-3,6,11-15H2,1H3,(H2,29,31)(H2,30,34). The van der Waals surface area contributed by atoms with Gasteiger partial charge in [0.15, 0.2) is 5.82 Å². The molecule has 186 valence electrons. The van der Waals surface area contributed by atoms with E-state index in [9.17, 15) is 4.79 Å². The van der Waals surface area contributed by atoms with E-state index in [1.807, 2.05) is 13.0 Å². The molecule has 1 amide bonds. The lowest BCUT2D eigenvalue weighted by Gasteiger charge is -2.33. The summed E-state index contributed by atoms with van der Waals surface area (Å²) >= 11 is 12.7. The number of likely N-dealkylation sites (tertiary alicyclic amines) is 1. The number of carbonyl (C=O) groups is 1.